The van der Waals surface area contributed by atoms with Gasteiger partial charge < -0.3 is 14.0 Å². The molecule has 0 saturated carbocycles. The molecule has 3 heterocycles. The van der Waals surface area contributed by atoms with Crippen LogP contribution in [0.25, 0.3) is 27.6 Å². The standard InChI is InChI=1S/C49H45N3O2.Pt/c1-30(2)34-25-35(46-51-48(7)42-17-11-9-14-32(42)24-33-15-10-12-18-43(33)49(48,8)54-46)27-39(26-34)53-38-23-31(3)22-37(29-38)52-44-20-19-36(47(4,5)6)28-41(44)40-16-13-21-50-45(40)52;/h9-23,25-26,28,30H,24H2,1-8H3;/q-2;+2/t48-,49+;/m1./s1. The van der Waals surface area contributed by atoms with Crippen LogP contribution in [0.2, 0.25) is 0 Å². The first kappa shape index (κ1) is 37.0. The molecule has 0 radical (unpaired) electrons. The predicted molar refractivity (Wildman–Crippen MR) is 218 cm³/mol. The van der Waals surface area contributed by atoms with Crippen molar-refractivity contribution >= 4 is 27.8 Å². The SMILES string of the molecule is Cc1cc(Oc2[c-]c(C3=N[C@]4(C)c5ccccc5Cc5ccccc5[C@]4(C)O3)cc(C(C)C)c2)[c-]c(-n2c3ccc(C(C)(C)C)cc3c3cccnc32)c1.[Pt+2]. The van der Waals surface area contributed by atoms with Crippen LogP contribution in [0.5, 0.6) is 11.5 Å². The fourth-order valence-corrected chi connectivity index (χ4v) is 8.45. The van der Waals surface area contributed by atoms with E-state index in [0.29, 0.717) is 17.4 Å². The van der Waals surface area contributed by atoms with E-state index in [0.717, 1.165) is 50.9 Å². The number of aryl methyl sites for hydroxylation is 1. The summed E-state index contributed by atoms with van der Waals surface area (Å²) in [7, 11) is 0. The average Bonchev–Trinajstić information content (AvgIpc) is 3.60. The first-order chi connectivity index (χ1) is 25.8. The summed E-state index contributed by atoms with van der Waals surface area (Å²) in [6, 6.07) is 43.7. The molecule has 1 aliphatic carbocycles. The minimum atomic E-state index is -0.725. The maximum atomic E-state index is 7.09. The molecule has 0 amide bonds. The molecule has 0 fully saturated rings. The molecule has 0 N–H and O–H groups in total. The van der Waals surface area contributed by atoms with Gasteiger partial charge in [-0.15, -0.1) is 29.8 Å². The number of aliphatic imine (C=N–C) groups is 1. The summed E-state index contributed by atoms with van der Waals surface area (Å²) in [4.78, 5) is 10.3. The van der Waals surface area contributed by atoms with Crippen molar-refractivity contribution in [3.05, 3.63) is 166 Å². The van der Waals surface area contributed by atoms with E-state index in [4.69, 9.17) is 19.5 Å². The number of benzene rings is 5. The fraction of sp³-hybridized carbons (Fsp3) is 0.265. The number of pyridine rings is 1. The van der Waals surface area contributed by atoms with Crippen LogP contribution in [0.15, 0.2) is 114 Å². The van der Waals surface area contributed by atoms with E-state index < -0.39 is 11.1 Å². The molecular weight excluding hydrogens is 858 g/mol. The van der Waals surface area contributed by atoms with Gasteiger partial charge in [-0.05, 0) is 78.1 Å². The molecule has 9 rings (SSSR count). The number of fused-ring (bicyclic) bond motifs is 8. The molecule has 0 saturated heterocycles. The topological polar surface area (TPSA) is 48.6 Å². The van der Waals surface area contributed by atoms with Crippen molar-refractivity contribution in [1.82, 2.24) is 9.55 Å². The molecule has 7 aromatic rings. The quantitative estimate of drug-likeness (QED) is 0.162. The summed E-state index contributed by atoms with van der Waals surface area (Å²) in [6.45, 7) is 17.6. The molecule has 55 heavy (non-hydrogen) atoms. The molecule has 0 spiro atoms. The summed E-state index contributed by atoms with van der Waals surface area (Å²) in [5.74, 6) is 2.00. The zero-order chi connectivity index (χ0) is 37.6. The molecule has 0 bridgehead atoms. The van der Waals surface area contributed by atoms with Crippen LogP contribution in [-0.2, 0) is 48.8 Å². The Labute approximate surface area is 338 Å². The van der Waals surface area contributed by atoms with Crippen molar-refractivity contribution in [2.75, 3.05) is 0 Å². The molecule has 5 aromatic carbocycles. The van der Waals surface area contributed by atoms with Gasteiger partial charge in [-0.25, -0.2) is 4.98 Å². The van der Waals surface area contributed by atoms with E-state index in [1.165, 1.54) is 27.6 Å². The van der Waals surface area contributed by atoms with Crippen LogP contribution in [0.1, 0.15) is 98.9 Å². The van der Waals surface area contributed by atoms with Crippen molar-refractivity contribution in [2.45, 2.75) is 84.3 Å². The minimum Gasteiger partial charge on any atom is -0.507 e. The van der Waals surface area contributed by atoms with Crippen molar-refractivity contribution in [2.24, 2.45) is 4.99 Å². The van der Waals surface area contributed by atoms with Crippen LogP contribution in [0.4, 0.5) is 0 Å². The van der Waals surface area contributed by atoms with Crippen LogP contribution >= 0.6 is 0 Å². The van der Waals surface area contributed by atoms with Gasteiger partial charge >= 0.3 is 21.1 Å². The van der Waals surface area contributed by atoms with Crippen molar-refractivity contribution in [3.63, 3.8) is 0 Å². The third kappa shape index (κ3) is 6.03. The number of rotatable bonds is 5. The Morgan fingerprint density at radius 1 is 0.800 bits per heavy atom. The van der Waals surface area contributed by atoms with E-state index in [9.17, 15) is 0 Å². The molecule has 6 heteroatoms. The Balaban J connectivity index is 0.00000427. The summed E-state index contributed by atoms with van der Waals surface area (Å²) in [6.07, 6.45) is 2.70. The molecule has 0 unspecified atom stereocenters. The van der Waals surface area contributed by atoms with Gasteiger partial charge in [-0.1, -0.05) is 120 Å². The Hall–Kier alpha value is -4.99. The maximum Gasteiger partial charge on any atom is 2.00 e. The Morgan fingerprint density at radius 3 is 2.25 bits per heavy atom. The van der Waals surface area contributed by atoms with Crippen molar-refractivity contribution in [3.8, 4) is 17.2 Å². The molecule has 2 atom stereocenters. The van der Waals surface area contributed by atoms with Crippen molar-refractivity contribution in [1.29, 1.82) is 0 Å². The third-order valence-corrected chi connectivity index (χ3v) is 11.6. The van der Waals surface area contributed by atoms with Gasteiger partial charge in [0.1, 0.15) is 22.7 Å². The van der Waals surface area contributed by atoms with E-state index >= 15 is 0 Å². The van der Waals surface area contributed by atoms with Crippen LogP contribution in [-0.4, -0.2) is 15.4 Å². The molecule has 278 valence electrons. The van der Waals surface area contributed by atoms with Gasteiger partial charge in [0.05, 0.1) is 5.52 Å². The molecule has 2 aliphatic rings. The summed E-state index contributed by atoms with van der Waals surface area (Å²) in [5, 5.41) is 2.28. The third-order valence-electron chi connectivity index (χ3n) is 11.6. The monoisotopic (exact) mass is 902 g/mol. The van der Waals surface area contributed by atoms with E-state index in [-0.39, 0.29) is 32.4 Å². The largest absolute Gasteiger partial charge is 2.00 e. The average molecular weight is 903 g/mol. The first-order valence-corrected chi connectivity index (χ1v) is 19.0. The van der Waals surface area contributed by atoms with E-state index in [1.54, 1.807) is 0 Å². The Morgan fingerprint density at radius 2 is 1.51 bits per heavy atom. The summed E-state index contributed by atoms with van der Waals surface area (Å²) in [5.41, 5.74) is 10.6. The predicted octanol–water partition coefficient (Wildman–Crippen LogP) is 11.8. The fourth-order valence-electron chi connectivity index (χ4n) is 8.45. The van der Waals surface area contributed by atoms with Gasteiger partial charge in [0.2, 0.25) is 0 Å². The van der Waals surface area contributed by atoms with Crippen LogP contribution in [0.3, 0.4) is 0 Å². The molecule has 2 aromatic heterocycles. The van der Waals surface area contributed by atoms with Gasteiger partial charge in [0.15, 0.2) is 0 Å². The number of aromatic nitrogens is 2. The molecule has 5 nitrogen and oxygen atoms in total. The minimum absolute atomic E-state index is 0. The zero-order valence-corrected chi connectivity index (χ0v) is 34.9. The second-order valence-electron chi connectivity index (χ2n) is 16.7. The van der Waals surface area contributed by atoms with Gasteiger partial charge in [0, 0.05) is 34.0 Å². The van der Waals surface area contributed by atoms with Gasteiger partial charge in [-0.2, -0.15) is 5.56 Å². The Kier molecular flexibility index (Phi) is 8.97. The molecular formula is C49H45N3O2Pt. The second kappa shape index (κ2) is 13.3. The maximum absolute atomic E-state index is 7.09. The van der Waals surface area contributed by atoms with Crippen molar-refractivity contribution < 1.29 is 30.5 Å². The molecule has 1 aliphatic heterocycles. The Bertz CT molecular complexity index is 2670. The van der Waals surface area contributed by atoms with E-state index in [1.807, 2.05) is 18.3 Å². The zero-order valence-electron chi connectivity index (χ0n) is 32.7. The van der Waals surface area contributed by atoms with Crippen LogP contribution < -0.4 is 4.74 Å². The number of hydrogen-bond donors (Lipinski definition) is 0. The number of hydrogen-bond acceptors (Lipinski definition) is 4. The van der Waals surface area contributed by atoms with E-state index in [2.05, 4.69) is 163 Å². The second-order valence-corrected chi connectivity index (χ2v) is 16.7. The van der Waals surface area contributed by atoms with Crippen LogP contribution in [0, 0.1) is 19.1 Å². The normalized spacial score (nSPS) is 18.9. The van der Waals surface area contributed by atoms with Gasteiger partial charge in [-0.3, -0.25) is 4.99 Å². The number of ether oxygens (including phenoxy) is 2. The summed E-state index contributed by atoms with van der Waals surface area (Å²) < 4.78 is 16.0. The van der Waals surface area contributed by atoms with Gasteiger partial charge in [0.25, 0.3) is 0 Å². The smallest absolute Gasteiger partial charge is 0.507 e. The summed E-state index contributed by atoms with van der Waals surface area (Å²) >= 11 is 0. The number of nitrogens with zero attached hydrogens (tertiary/aromatic N) is 3. The first-order valence-electron chi connectivity index (χ1n) is 19.0.